The molecule has 402 valence electrons. The van der Waals surface area contributed by atoms with E-state index in [2.05, 4.69) is 41.9 Å². The summed E-state index contributed by atoms with van der Waals surface area (Å²) in [5, 5.41) is 25.7. The van der Waals surface area contributed by atoms with Gasteiger partial charge < -0.3 is 52.6 Å². The van der Waals surface area contributed by atoms with Crippen molar-refractivity contribution >= 4 is 67.2 Å². The maximum absolute atomic E-state index is 14.1. The fraction of sp³-hybridized carbons (Fsp3) is 0.761. The first-order valence-corrected chi connectivity index (χ1v) is 27.9. The Kier molecular flexibility index (Phi) is 27.3. The van der Waals surface area contributed by atoms with E-state index in [0.29, 0.717) is 50.2 Å². The van der Waals surface area contributed by atoms with E-state index in [9.17, 15) is 58.1 Å². The van der Waals surface area contributed by atoms with Crippen molar-refractivity contribution in [3.63, 3.8) is 0 Å². The number of thioether (sulfide) groups is 1. The van der Waals surface area contributed by atoms with Crippen LogP contribution in [0.25, 0.3) is 0 Å². The number of carbonyl (C=O) groups excluding carboxylic acids is 8. The second-order valence-electron chi connectivity index (χ2n) is 19.0. The number of nitrogens with one attached hydrogen (secondary N) is 7. The predicted molar refractivity (Wildman–Crippen MR) is 266 cm³/mol. The molecular formula is C46H80N10O13PS+. The van der Waals surface area contributed by atoms with Gasteiger partial charge in [-0.1, -0.05) is 65.2 Å². The van der Waals surface area contributed by atoms with Crippen molar-refractivity contribution in [1.82, 2.24) is 46.8 Å². The van der Waals surface area contributed by atoms with Gasteiger partial charge in [-0.05, 0) is 75.7 Å². The van der Waals surface area contributed by atoms with Crippen LogP contribution in [0.3, 0.4) is 0 Å². The Labute approximate surface area is 421 Å². The lowest BCUT2D eigenvalue weighted by Crippen LogP contribution is -2.62. The molecule has 2 aliphatic rings. The van der Waals surface area contributed by atoms with Gasteiger partial charge in [-0.15, -0.1) is 4.52 Å². The summed E-state index contributed by atoms with van der Waals surface area (Å²) in [6.07, 6.45) is 16.4. The normalized spacial score (nSPS) is 17.8. The number of nitrogens with zero attached hydrogens (tertiary/aromatic N) is 2. The van der Waals surface area contributed by atoms with Crippen LogP contribution >= 0.6 is 19.9 Å². The van der Waals surface area contributed by atoms with E-state index in [1.807, 2.05) is 13.8 Å². The molecular weight excluding hydrogens is 964 g/mol. The molecule has 1 saturated carbocycles. The molecule has 1 aromatic heterocycles. The molecule has 2 heterocycles. The Morgan fingerprint density at radius 3 is 2.11 bits per heavy atom. The summed E-state index contributed by atoms with van der Waals surface area (Å²) in [7, 11) is -4.99. The van der Waals surface area contributed by atoms with Crippen molar-refractivity contribution in [1.29, 1.82) is 0 Å². The quantitative estimate of drug-likeness (QED) is 0.0337. The number of aromatic amines is 1. The number of aromatic nitrogens is 2. The van der Waals surface area contributed by atoms with Crippen LogP contribution in [0.4, 0.5) is 0 Å². The van der Waals surface area contributed by atoms with Crippen molar-refractivity contribution in [2.24, 2.45) is 17.6 Å². The van der Waals surface area contributed by atoms with Gasteiger partial charge in [0.05, 0.1) is 12.9 Å². The zero-order valence-corrected chi connectivity index (χ0v) is 43.4. The number of H-pyrrole nitrogens is 1. The van der Waals surface area contributed by atoms with Gasteiger partial charge in [-0.2, -0.15) is 26.4 Å². The zero-order chi connectivity index (χ0) is 52.5. The van der Waals surface area contributed by atoms with E-state index < -0.39 is 92.6 Å². The topological polar surface area (TPSA) is 357 Å². The monoisotopic (exact) mass is 1040 g/mol. The van der Waals surface area contributed by atoms with Crippen molar-refractivity contribution in [3.05, 3.63) is 18.2 Å². The average Bonchev–Trinajstić information content (AvgIpc) is 4.03. The lowest BCUT2D eigenvalue weighted by molar-refractivity contribution is -0.140. The molecule has 1 saturated heterocycles. The van der Waals surface area contributed by atoms with Crippen LogP contribution in [0, 0.1) is 11.8 Å². The second kappa shape index (κ2) is 31.9. The van der Waals surface area contributed by atoms with Crippen LogP contribution < -0.4 is 37.6 Å². The van der Waals surface area contributed by atoms with Gasteiger partial charge >= 0.3 is 8.17 Å². The van der Waals surface area contributed by atoms with E-state index in [-0.39, 0.29) is 43.4 Å². The highest BCUT2D eigenvalue weighted by Gasteiger charge is 2.43. The molecule has 7 atom stereocenters. The summed E-state index contributed by atoms with van der Waals surface area (Å²) >= 11 is 1.36. The molecule has 13 N–H and O–H groups in total. The lowest BCUT2D eigenvalue weighted by Gasteiger charge is -2.29. The standard InChI is InChI=1S/C46H79N10O13PS/c1-29(2)24-34(53-45(64)37-17-13-22-56(37)39(59)19-9-6-12-21-49-38(58)18-11-10-16-31-14-7-5-8-15-31)42(61)52-35(25-32-26-48-28-50-32)43(62)54-36(27-57)44(63)55-40(30(3)69-70(66,67)68)46(65)51-33(41(47)60)20-23-71-4/h26,28-31,33-37,40,57,66-68H,5-25,27H2,1-4H3,(H8-,47,48,49,50,51,52,53,54,55,58,60,61,62,63,64,65)/p+1/t30-,33+,34+,35+,36+,37+,40+/m1/s1. The number of rotatable bonds is 33. The predicted octanol–water partition coefficient (Wildman–Crippen LogP) is 0.521. The molecule has 1 aromatic rings. The van der Waals surface area contributed by atoms with Crippen LogP contribution in [0.2, 0.25) is 0 Å². The number of likely N-dealkylation sites (tertiary alicyclic amines) is 1. The molecule has 0 unspecified atom stereocenters. The minimum atomic E-state index is -4.99. The van der Waals surface area contributed by atoms with Gasteiger partial charge in [-0.3, -0.25) is 38.4 Å². The summed E-state index contributed by atoms with van der Waals surface area (Å²) in [5.41, 5.74) is 5.84. The van der Waals surface area contributed by atoms with Crippen LogP contribution in [-0.2, 0) is 49.3 Å². The lowest BCUT2D eigenvalue weighted by atomic mass is 9.85. The number of imidazole rings is 1. The highest BCUT2D eigenvalue weighted by Crippen LogP contribution is 2.47. The SMILES string of the molecule is CSCC[C@H](NC(=O)[C@@H](NC(=O)[C@H](CO)NC(=O)[C@H](Cc1cnc[nH]1)NC(=O)[C@H](CC(C)C)NC(=O)[C@@H]1CCCN1C(=O)CCCCCNC(=O)CCCCC1CCCCC1)[C@@H](C)O[P+](O)(O)O)C(N)=O. The molecule has 0 bridgehead atoms. The van der Waals surface area contributed by atoms with E-state index in [4.69, 9.17) is 10.3 Å². The van der Waals surface area contributed by atoms with Crippen molar-refractivity contribution in [3.8, 4) is 0 Å². The maximum atomic E-state index is 14.1. The van der Waals surface area contributed by atoms with E-state index >= 15 is 0 Å². The van der Waals surface area contributed by atoms with Gasteiger partial charge in [0, 0.05) is 44.2 Å². The number of primary amides is 1. The van der Waals surface area contributed by atoms with Crippen LogP contribution in [0.1, 0.15) is 136 Å². The third kappa shape index (κ3) is 22.9. The van der Waals surface area contributed by atoms with Crippen LogP contribution in [-0.4, -0.2) is 156 Å². The van der Waals surface area contributed by atoms with Gasteiger partial charge in [0.2, 0.25) is 47.3 Å². The van der Waals surface area contributed by atoms with Gasteiger partial charge in [0.15, 0.2) is 0 Å². The number of hydrogen-bond acceptors (Lipinski definition) is 15. The molecule has 0 aromatic carbocycles. The van der Waals surface area contributed by atoms with Gasteiger partial charge in [0.25, 0.3) is 0 Å². The first kappa shape index (κ1) is 60.9. The molecule has 71 heavy (non-hydrogen) atoms. The third-order valence-corrected chi connectivity index (χ3v) is 13.9. The molecule has 0 spiro atoms. The average molecular weight is 1040 g/mol. The molecule has 8 amide bonds. The van der Waals surface area contributed by atoms with Gasteiger partial charge in [-0.25, -0.2) is 4.98 Å². The Hall–Kier alpha value is -4.45. The second-order valence-corrected chi connectivity index (χ2v) is 21.2. The molecule has 0 radical (unpaired) electrons. The van der Waals surface area contributed by atoms with E-state index in [0.717, 1.165) is 38.5 Å². The van der Waals surface area contributed by atoms with Crippen molar-refractivity contribution in [2.75, 3.05) is 31.7 Å². The molecule has 1 aliphatic carbocycles. The highest BCUT2D eigenvalue weighted by atomic mass is 32.2. The Morgan fingerprint density at radius 1 is 0.817 bits per heavy atom. The molecule has 23 nitrogen and oxygen atoms in total. The number of aliphatic hydroxyl groups excluding tert-OH is 1. The number of hydrogen-bond donors (Lipinski definition) is 12. The molecule has 25 heteroatoms. The smallest absolute Gasteiger partial charge is 0.394 e. The number of amides is 8. The Morgan fingerprint density at radius 2 is 1.48 bits per heavy atom. The fourth-order valence-electron chi connectivity index (χ4n) is 8.82. The summed E-state index contributed by atoms with van der Waals surface area (Å²) in [5.74, 6) is -4.49. The molecule has 1 aliphatic heterocycles. The number of carbonyl (C=O) groups is 8. The first-order valence-electron chi connectivity index (χ1n) is 24.9. The molecule has 2 fully saturated rings. The van der Waals surface area contributed by atoms with E-state index in [1.54, 1.807) is 6.26 Å². The number of unbranched alkanes of at least 4 members (excludes halogenated alkanes) is 3. The van der Waals surface area contributed by atoms with Crippen molar-refractivity contribution < 1.29 is 62.7 Å². The summed E-state index contributed by atoms with van der Waals surface area (Å²) in [6.45, 7) is 4.64. The molecule has 3 rings (SSSR count). The maximum Gasteiger partial charge on any atom is 0.567 e. The minimum Gasteiger partial charge on any atom is -0.394 e. The summed E-state index contributed by atoms with van der Waals surface area (Å²) in [4.78, 5) is 144. The Bertz CT molecular complexity index is 1850. The highest BCUT2D eigenvalue weighted by molar-refractivity contribution is 7.98. The zero-order valence-electron chi connectivity index (χ0n) is 41.7. The fourth-order valence-corrected chi connectivity index (χ4v) is 9.86. The Balaban J connectivity index is 1.62. The van der Waals surface area contributed by atoms with Crippen molar-refractivity contribution in [2.45, 2.75) is 179 Å². The third-order valence-electron chi connectivity index (χ3n) is 12.7. The summed E-state index contributed by atoms with van der Waals surface area (Å²) < 4.78 is 4.78. The first-order chi connectivity index (χ1) is 33.7. The number of aliphatic hydroxyl groups is 1. The minimum absolute atomic E-state index is 0.0504. The van der Waals surface area contributed by atoms with E-state index in [1.165, 1.54) is 67.7 Å². The largest absolute Gasteiger partial charge is 0.567 e. The summed E-state index contributed by atoms with van der Waals surface area (Å²) in [6, 6.07) is -8.28. The van der Waals surface area contributed by atoms with Gasteiger partial charge in [0.1, 0.15) is 42.4 Å². The number of nitrogens with two attached hydrogens (primary N) is 1. The van der Waals surface area contributed by atoms with Crippen LogP contribution in [0.5, 0.6) is 0 Å². The van der Waals surface area contributed by atoms with Crippen LogP contribution in [0.15, 0.2) is 12.5 Å².